The van der Waals surface area contributed by atoms with Crippen LogP contribution in [0.5, 0.6) is 0 Å². The third kappa shape index (κ3) is 4.35. The third-order valence-electron chi connectivity index (χ3n) is 1.65. The molecule has 13 heavy (non-hydrogen) atoms. The second-order valence-electron chi connectivity index (χ2n) is 2.84. The maximum Gasteiger partial charge on any atom is 0.0580 e. The fraction of sp³-hybridized carbons (Fsp3) is 0.333. The second kappa shape index (κ2) is 6.28. The zero-order valence-electron chi connectivity index (χ0n) is 8.01. The zero-order chi connectivity index (χ0) is 9.36. The van der Waals surface area contributed by atoms with E-state index in [1.807, 2.05) is 30.3 Å². The van der Waals surface area contributed by atoms with E-state index in [2.05, 4.69) is 24.1 Å². The highest BCUT2D eigenvalue weighted by Gasteiger charge is 1.81. The predicted molar refractivity (Wildman–Crippen MR) is 56.5 cm³/mol. The summed E-state index contributed by atoms with van der Waals surface area (Å²) in [6.45, 7) is 3.98. The summed E-state index contributed by atoms with van der Waals surface area (Å²) in [7, 11) is 0. The molecule has 1 aromatic carbocycles. The molecule has 0 aliphatic carbocycles. The van der Waals surface area contributed by atoms with Crippen molar-refractivity contribution in [2.24, 2.45) is 0 Å². The van der Waals surface area contributed by atoms with Crippen molar-refractivity contribution in [2.75, 3.05) is 13.1 Å². The maximum atomic E-state index is 3.23. The van der Waals surface area contributed by atoms with Crippen molar-refractivity contribution >= 4 is 0 Å². The standard InChI is InChI=1S/C12H15N/c1-2-10-13-11-6-9-12-7-4-3-5-8-12/h3-5,7-8,13H,2,10-11H2,1H3. The molecular weight excluding hydrogens is 158 g/mol. The highest BCUT2D eigenvalue weighted by Crippen LogP contribution is 1.93. The van der Waals surface area contributed by atoms with E-state index in [1.165, 1.54) is 0 Å². The maximum absolute atomic E-state index is 3.23. The van der Waals surface area contributed by atoms with Gasteiger partial charge in [-0.2, -0.15) is 0 Å². The molecule has 0 heterocycles. The Morgan fingerprint density at radius 1 is 1.23 bits per heavy atom. The van der Waals surface area contributed by atoms with Gasteiger partial charge in [-0.25, -0.2) is 0 Å². The molecule has 0 aliphatic heterocycles. The molecule has 0 atom stereocenters. The van der Waals surface area contributed by atoms with Gasteiger partial charge in [-0.1, -0.05) is 37.0 Å². The summed E-state index contributed by atoms with van der Waals surface area (Å²) in [4.78, 5) is 0. The van der Waals surface area contributed by atoms with Crippen LogP contribution in [0.2, 0.25) is 0 Å². The van der Waals surface area contributed by atoms with Crippen LogP contribution in [0.4, 0.5) is 0 Å². The Balaban J connectivity index is 2.31. The van der Waals surface area contributed by atoms with Crippen LogP contribution in [-0.2, 0) is 0 Å². The molecule has 1 nitrogen and oxygen atoms in total. The van der Waals surface area contributed by atoms with Crippen molar-refractivity contribution < 1.29 is 0 Å². The fourth-order valence-electron chi connectivity index (χ4n) is 0.995. The van der Waals surface area contributed by atoms with E-state index in [1.54, 1.807) is 0 Å². The Bertz CT molecular complexity index is 279. The van der Waals surface area contributed by atoms with Gasteiger partial charge in [0.2, 0.25) is 0 Å². The Labute approximate surface area is 80.2 Å². The Morgan fingerprint density at radius 3 is 2.69 bits per heavy atom. The van der Waals surface area contributed by atoms with Gasteiger partial charge in [0.15, 0.2) is 0 Å². The van der Waals surface area contributed by atoms with E-state index in [4.69, 9.17) is 0 Å². The highest BCUT2D eigenvalue weighted by atomic mass is 14.8. The normalized spacial score (nSPS) is 9.00. The van der Waals surface area contributed by atoms with Crippen molar-refractivity contribution in [2.45, 2.75) is 13.3 Å². The van der Waals surface area contributed by atoms with Crippen molar-refractivity contribution in [1.29, 1.82) is 0 Å². The highest BCUT2D eigenvalue weighted by molar-refractivity contribution is 5.33. The molecule has 0 aliphatic rings. The summed E-state index contributed by atoms with van der Waals surface area (Å²) in [6, 6.07) is 10.0. The van der Waals surface area contributed by atoms with Crippen LogP contribution in [0.15, 0.2) is 30.3 Å². The van der Waals surface area contributed by atoms with Crippen LogP contribution in [0.1, 0.15) is 18.9 Å². The quantitative estimate of drug-likeness (QED) is 0.545. The monoisotopic (exact) mass is 173 g/mol. The molecule has 0 saturated carbocycles. The minimum atomic E-state index is 0.780. The van der Waals surface area contributed by atoms with Crippen LogP contribution < -0.4 is 5.32 Å². The lowest BCUT2D eigenvalue weighted by atomic mass is 10.2. The second-order valence-corrected chi connectivity index (χ2v) is 2.84. The molecule has 0 bridgehead atoms. The van der Waals surface area contributed by atoms with Crippen LogP contribution in [-0.4, -0.2) is 13.1 Å². The first kappa shape index (κ1) is 9.83. The largest absolute Gasteiger partial charge is 0.306 e. The molecular formula is C12H15N. The van der Waals surface area contributed by atoms with Crippen LogP contribution in [0.25, 0.3) is 0 Å². The summed E-state index contributed by atoms with van der Waals surface area (Å²) in [5.41, 5.74) is 1.08. The number of hydrogen-bond acceptors (Lipinski definition) is 1. The lowest BCUT2D eigenvalue weighted by Gasteiger charge is -1.93. The topological polar surface area (TPSA) is 12.0 Å². The summed E-state index contributed by atoms with van der Waals surface area (Å²) in [5, 5.41) is 3.23. The summed E-state index contributed by atoms with van der Waals surface area (Å²) >= 11 is 0. The Morgan fingerprint density at radius 2 is 2.00 bits per heavy atom. The van der Waals surface area contributed by atoms with Gasteiger partial charge in [0.25, 0.3) is 0 Å². The van der Waals surface area contributed by atoms with E-state index >= 15 is 0 Å². The first-order valence-corrected chi connectivity index (χ1v) is 4.68. The summed E-state index contributed by atoms with van der Waals surface area (Å²) in [5.74, 6) is 6.17. The molecule has 68 valence electrons. The van der Waals surface area contributed by atoms with Crippen molar-refractivity contribution in [3.8, 4) is 11.8 Å². The van der Waals surface area contributed by atoms with Crippen molar-refractivity contribution in [1.82, 2.24) is 5.32 Å². The number of nitrogens with one attached hydrogen (secondary N) is 1. The smallest absolute Gasteiger partial charge is 0.0580 e. The number of hydrogen-bond donors (Lipinski definition) is 1. The molecule has 0 saturated heterocycles. The van der Waals surface area contributed by atoms with Crippen LogP contribution in [0, 0.1) is 11.8 Å². The van der Waals surface area contributed by atoms with E-state index in [-0.39, 0.29) is 0 Å². The molecule has 0 fully saturated rings. The Kier molecular flexibility index (Phi) is 4.74. The molecule has 1 heteroatoms. The van der Waals surface area contributed by atoms with Crippen LogP contribution >= 0.6 is 0 Å². The molecule has 0 aromatic heterocycles. The lowest BCUT2D eigenvalue weighted by Crippen LogP contribution is -2.14. The molecule has 1 aromatic rings. The van der Waals surface area contributed by atoms with Gasteiger partial charge in [0.1, 0.15) is 0 Å². The molecule has 0 amide bonds. The Hall–Kier alpha value is -1.26. The molecule has 1 rings (SSSR count). The summed E-state index contributed by atoms with van der Waals surface area (Å²) in [6.07, 6.45) is 1.16. The van der Waals surface area contributed by atoms with Crippen molar-refractivity contribution in [3.05, 3.63) is 35.9 Å². The fourth-order valence-corrected chi connectivity index (χ4v) is 0.995. The molecule has 0 spiro atoms. The first-order valence-electron chi connectivity index (χ1n) is 4.68. The van der Waals surface area contributed by atoms with E-state index < -0.39 is 0 Å². The predicted octanol–water partition coefficient (Wildman–Crippen LogP) is 2.04. The molecule has 0 unspecified atom stereocenters. The van der Waals surface area contributed by atoms with Crippen molar-refractivity contribution in [3.63, 3.8) is 0 Å². The molecule has 0 radical (unpaired) electrons. The van der Waals surface area contributed by atoms with E-state index in [9.17, 15) is 0 Å². The minimum Gasteiger partial charge on any atom is -0.306 e. The van der Waals surface area contributed by atoms with Gasteiger partial charge in [0.05, 0.1) is 6.54 Å². The van der Waals surface area contributed by atoms with Gasteiger partial charge >= 0.3 is 0 Å². The molecule has 1 N–H and O–H groups in total. The van der Waals surface area contributed by atoms with Gasteiger partial charge in [0, 0.05) is 5.56 Å². The average molecular weight is 173 g/mol. The van der Waals surface area contributed by atoms with Gasteiger partial charge in [-0.3, -0.25) is 0 Å². The van der Waals surface area contributed by atoms with Gasteiger partial charge < -0.3 is 5.32 Å². The van der Waals surface area contributed by atoms with Crippen LogP contribution in [0.3, 0.4) is 0 Å². The summed E-state index contributed by atoms with van der Waals surface area (Å²) < 4.78 is 0. The average Bonchev–Trinajstić information content (AvgIpc) is 2.19. The van der Waals surface area contributed by atoms with E-state index in [0.29, 0.717) is 0 Å². The van der Waals surface area contributed by atoms with Gasteiger partial charge in [-0.15, -0.1) is 0 Å². The third-order valence-corrected chi connectivity index (χ3v) is 1.65. The first-order chi connectivity index (χ1) is 6.43. The van der Waals surface area contributed by atoms with Gasteiger partial charge in [-0.05, 0) is 25.1 Å². The van der Waals surface area contributed by atoms with E-state index in [0.717, 1.165) is 25.1 Å². The number of benzene rings is 1. The lowest BCUT2D eigenvalue weighted by molar-refractivity contribution is 0.737. The zero-order valence-corrected chi connectivity index (χ0v) is 8.01. The SMILES string of the molecule is CCCNCC#Cc1ccccc1. The minimum absolute atomic E-state index is 0.780. The number of rotatable bonds is 3.